The van der Waals surface area contributed by atoms with Crippen LogP contribution in [-0.2, 0) is 9.53 Å². The van der Waals surface area contributed by atoms with Crippen LogP contribution in [0, 0.1) is 0 Å². The summed E-state index contributed by atoms with van der Waals surface area (Å²) in [4.78, 5) is 22.7. The van der Waals surface area contributed by atoms with Gasteiger partial charge in [-0.3, -0.25) is 4.79 Å². The molecule has 0 radical (unpaired) electrons. The number of anilines is 1. The lowest BCUT2D eigenvalue weighted by atomic mass is 10.1. The van der Waals surface area contributed by atoms with Gasteiger partial charge in [0.05, 0.1) is 6.10 Å². The summed E-state index contributed by atoms with van der Waals surface area (Å²) in [6.45, 7) is 0. The minimum Gasteiger partial charge on any atom is -0.507 e. The lowest BCUT2D eigenvalue weighted by Gasteiger charge is -2.16. The zero-order valence-corrected chi connectivity index (χ0v) is 12.5. The fraction of sp³-hybridized carbons (Fsp3) is 0.467. The Morgan fingerprint density at radius 1 is 1.29 bits per heavy atom. The van der Waals surface area contributed by atoms with Gasteiger partial charge in [-0.25, -0.2) is 4.79 Å². The first kappa shape index (κ1) is 18.1. The van der Waals surface area contributed by atoms with Gasteiger partial charge in [0.15, 0.2) is 6.10 Å². The summed E-state index contributed by atoms with van der Waals surface area (Å²) >= 11 is 0. The molecule has 2 rings (SSSR count). The SMILES string of the molecule is O=C(CC[C@@H]1CC[C@H](C(F)(F)F)O1)Nc1ccc(O)c(C(=O)O)c1. The lowest BCUT2D eigenvalue weighted by Crippen LogP contribution is -2.29. The van der Waals surface area contributed by atoms with Crippen LogP contribution in [0.25, 0.3) is 0 Å². The number of carboxylic acids is 1. The van der Waals surface area contributed by atoms with Crippen molar-refractivity contribution in [3.05, 3.63) is 23.8 Å². The molecule has 1 aliphatic heterocycles. The molecule has 6 nitrogen and oxygen atoms in total. The lowest BCUT2D eigenvalue weighted by molar-refractivity contribution is -0.215. The van der Waals surface area contributed by atoms with E-state index in [9.17, 15) is 27.9 Å². The summed E-state index contributed by atoms with van der Waals surface area (Å²) in [5.41, 5.74) is -0.185. The van der Waals surface area contributed by atoms with E-state index in [1.54, 1.807) is 0 Å². The van der Waals surface area contributed by atoms with Crippen molar-refractivity contribution in [2.24, 2.45) is 0 Å². The third-order valence-corrected chi connectivity index (χ3v) is 3.68. The van der Waals surface area contributed by atoms with Gasteiger partial charge in [-0.15, -0.1) is 0 Å². The van der Waals surface area contributed by atoms with Crippen LogP contribution < -0.4 is 5.32 Å². The largest absolute Gasteiger partial charge is 0.507 e. The van der Waals surface area contributed by atoms with Gasteiger partial charge in [0, 0.05) is 12.1 Å². The minimum atomic E-state index is -4.39. The molecule has 24 heavy (non-hydrogen) atoms. The van der Waals surface area contributed by atoms with Crippen molar-refractivity contribution in [1.29, 1.82) is 0 Å². The van der Waals surface area contributed by atoms with Crippen molar-refractivity contribution < 1.29 is 37.7 Å². The normalized spacial score (nSPS) is 20.8. The predicted molar refractivity (Wildman–Crippen MR) is 76.9 cm³/mol. The van der Waals surface area contributed by atoms with Crippen LogP contribution >= 0.6 is 0 Å². The molecular formula is C15H16F3NO5. The number of benzene rings is 1. The first-order valence-electron chi connectivity index (χ1n) is 7.25. The summed E-state index contributed by atoms with van der Waals surface area (Å²) < 4.78 is 42.3. The van der Waals surface area contributed by atoms with Crippen molar-refractivity contribution in [2.45, 2.75) is 44.1 Å². The van der Waals surface area contributed by atoms with Gasteiger partial charge in [-0.2, -0.15) is 13.2 Å². The Hall–Kier alpha value is -2.29. The Labute approximate surface area is 135 Å². The first-order valence-corrected chi connectivity index (χ1v) is 7.25. The second-order valence-electron chi connectivity index (χ2n) is 5.49. The summed E-state index contributed by atoms with van der Waals surface area (Å²) in [7, 11) is 0. The number of halogens is 3. The molecule has 0 unspecified atom stereocenters. The van der Waals surface area contributed by atoms with E-state index in [1.165, 1.54) is 6.07 Å². The number of hydrogen-bond donors (Lipinski definition) is 3. The highest BCUT2D eigenvalue weighted by molar-refractivity contribution is 5.95. The maximum atomic E-state index is 12.5. The highest BCUT2D eigenvalue weighted by atomic mass is 19.4. The van der Waals surface area contributed by atoms with Gasteiger partial charge in [0.1, 0.15) is 11.3 Å². The average Bonchev–Trinajstić information content (AvgIpc) is 2.96. The van der Waals surface area contributed by atoms with Crippen molar-refractivity contribution in [2.75, 3.05) is 5.32 Å². The number of ether oxygens (including phenoxy) is 1. The van der Waals surface area contributed by atoms with E-state index in [0.717, 1.165) is 12.1 Å². The second-order valence-corrected chi connectivity index (χ2v) is 5.49. The molecule has 2 atom stereocenters. The van der Waals surface area contributed by atoms with E-state index in [2.05, 4.69) is 5.32 Å². The molecule has 1 aliphatic rings. The number of aromatic hydroxyl groups is 1. The molecule has 1 aromatic rings. The second kappa shape index (κ2) is 7.08. The van der Waals surface area contributed by atoms with Gasteiger partial charge in [-0.1, -0.05) is 0 Å². The molecular weight excluding hydrogens is 331 g/mol. The number of phenols is 1. The van der Waals surface area contributed by atoms with Crippen molar-refractivity contribution in [1.82, 2.24) is 0 Å². The zero-order valence-electron chi connectivity index (χ0n) is 12.5. The first-order chi connectivity index (χ1) is 11.2. The standard InChI is InChI=1S/C15H16F3NO5/c16-15(17,18)12-5-2-9(24-12)3-6-13(21)19-8-1-4-11(20)10(7-8)14(22)23/h1,4,7,9,12,20H,2-3,5-6H2,(H,19,21)(H,22,23)/t9-,12+/m0/s1. The maximum Gasteiger partial charge on any atom is 0.414 e. The smallest absolute Gasteiger partial charge is 0.414 e. The number of rotatable bonds is 5. The third kappa shape index (κ3) is 4.60. The number of carboxylic acid groups (broad SMARTS) is 1. The van der Waals surface area contributed by atoms with Gasteiger partial charge in [0.2, 0.25) is 5.91 Å². The van der Waals surface area contributed by atoms with Gasteiger partial charge in [-0.05, 0) is 37.5 Å². The molecule has 132 valence electrons. The molecule has 1 heterocycles. The maximum absolute atomic E-state index is 12.5. The number of nitrogens with one attached hydrogen (secondary N) is 1. The molecule has 9 heteroatoms. The van der Waals surface area contributed by atoms with Crippen LogP contribution in [0.1, 0.15) is 36.0 Å². The number of carbonyl (C=O) groups excluding carboxylic acids is 1. The molecule has 0 bridgehead atoms. The monoisotopic (exact) mass is 347 g/mol. The van der Waals surface area contributed by atoms with E-state index in [0.29, 0.717) is 0 Å². The summed E-state index contributed by atoms with van der Waals surface area (Å²) in [5.74, 6) is -2.25. The molecule has 0 aromatic heterocycles. The molecule has 1 aromatic carbocycles. The quantitative estimate of drug-likeness (QED) is 0.712. The van der Waals surface area contributed by atoms with Crippen LogP contribution in [0.3, 0.4) is 0 Å². The minimum absolute atomic E-state index is 0.0570. The molecule has 3 N–H and O–H groups in total. The Morgan fingerprint density at radius 3 is 2.58 bits per heavy atom. The topological polar surface area (TPSA) is 95.9 Å². The van der Waals surface area contributed by atoms with Crippen LogP contribution in [0.5, 0.6) is 5.75 Å². The third-order valence-electron chi connectivity index (χ3n) is 3.68. The number of carbonyl (C=O) groups is 2. The molecule has 0 aliphatic carbocycles. The molecule has 0 saturated carbocycles. The predicted octanol–water partition coefficient (Wildman–Crippen LogP) is 2.92. The van der Waals surface area contributed by atoms with E-state index in [-0.39, 0.29) is 36.9 Å². The fourth-order valence-corrected chi connectivity index (χ4v) is 2.46. The summed E-state index contributed by atoms with van der Waals surface area (Å²) in [6, 6.07) is 3.56. The molecule has 0 spiro atoms. The average molecular weight is 347 g/mol. The number of amides is 1. The van der Waals surface area contributed by atoms with Crippen LogP contribution in [-0.4, -0.2) is 40.5 Å². The van der Waals surface area contributed by atoms with E-state index in [1.807, 2.05) is 0 Å². The summed E-state index contributed by atoms with van der Waals surface area (Å²) in [6.07, 6.45) is -6.59. The number of alkyl halides is 3. The van der Waals surface area contributed by atoms with Crippen LogP contribution in [0.15, 0.2) is 18.2 Å². The highest BCUT2D eigenvalue weighted by Gasteiger charge is 2.45. The van der Waals surface area contributed by atoms with Crippen LogP contribution in [0.4, 0.5) is 18.9 Å². The van der Waals surface area contributed by atoms with Gasteiger partial charge >= 0.3 is 12.1 Å². The highest BCUT2D eigenvalue weighted by Crippen LogP contribution is 2.34. The van der Waals surface area contributed by atoms with Crippen molar-refractivity contribution in [3.63, 3.8) is 0 Å². The van der Waals surface area contributed by atoms with Crippen LogP contribution in [0.2, 0.25) is 0 Å². The Bertz CT molecular complexity index is 632. The van der Waals surface area contributed by atoms with Gasteiger partial charge in [0.25, 0.3) is 0 Å². The summed E-state index contributed by atoms with van der Waals surface area (Å²) in [5, 5.41) is 20.7. The molecule has 1 amide bonds. The number of aromatic carboxylic acids is 1. The number of hydrogen-bond acceptors (Lipinski definition) is 4. The van der Waals surface area contributed by atoms with Crippen molar-refractivity contribution >= 4 is 17.6 Å². The van der Waals surface area contributed by atoms with E-state index < -0.39 is 36.0 Å². The Kier molecular flexibility index (Phi) is 5.33. The fourth-order valence-electron chi connectivity index (χ4n) is 2.46. The van der Waals surface area contributed by atoms with E-state index in [4.69, 9.17) is 9.84 Å². The van der Waals surface area contributed by atoms with E-state index >= 15 is 0 Å². The molecule has 1 fully saturated rings. The van der Waals surface area contributed by atoms with Gasteiger partial charge < -0.3 is 20.3 Å². The zero-order chi connectivity index (χ0) is 17.9. The molecule has 1 saturated heterocycles. The Balaban J connectivity index is 1.84. The van der Waals surface area contributed by atoms with Crippen molar-refractivity contribution in [3.8, 4) is 5.75 Å². The Morgan fingerprint density at radius 2 is 2.00 bits per heavy atom.